The number of hydrogen-bond acceptors (Lipinski definition) is 4. The maximum Gasteiger partial charge on any atom is 0.255 e. The second kappa shape index (κ2) is 7.14. The van der Waals surface area contributed by atoms with E-state index in [1.807, 2.05) is 6.07 Å². The van der Waals surface area contributed by atoms with Gasteiger partial charge in [0.25, 0.3) is 5.91 Å². The molecule has 2 aromatic rings. The lowest BCUT2D eigenvalue weighted by atomic mass is 10.1. The number of carbonyl (C=O) groups is 1. The molecule has 0 heterocycles. The summed E-state index contributed by atoms with van der Waals surface area (Å²) in [5, 5.41) is 11.7. The van der Waals surface area contributed by atoms with E-state index < -0.39 is 0 Å². The van der Waals surface area contributed by atoms with Crippen LogP contribution in [0.4, 0.5) is 0 Å². The Labute approximate surface area is 129 Å². The Balaban J connectivity index is 2.13. The number of nitrogens with zero attached hydrogens (tertiary/aromatic N) is 1. The highest BCUT2D eigenvalue weighted by Gasteiger charge is 2.13. The minimum Gasteiger partial charge on any atom is -0.497 e. The molecule has 0 aliphatic heterocycles. The van der Waals surface area contributed by atoms with Crippen LogP contribution in [0.1, 0.15) is 21.5 Å². The van der Waals surface area contributed by atoms with Crippen LogP contribution in [0.5, 0.6) is 11.5 Å². The van der Waals surface area contributed by atoms with Gasteiger partial charge in [-0.15, -0.1) is 0 Å². The number of carbonyl (C=O) groups excluding carboxylic acids is 1. The molecule has 1 N–H and O–H groups in total. The smallest absolute Gasteiger partial charge is 0.255 e. The van der Waals surface area contributed by atoms with Gasteiger partial charge in [-0.1, -0.05) is 12.1 Å². The molecule has 112 valence electrons. The predicted molar refractivity (Wildman–Crippen MR) is 81.9 cm³/mol. The molecule has 0 aliphatic carbocycles. The van der Waals surface area contributed by atoms with E-state index in [1.54, 1.807) is 36.4 Å². The van der Waals surface area contributed by atoms with Crippen molar-refractivity contribution in [2.45, 2.75) is 6.54 Å². The molecule has 22 heavy (non-hydrogen) atoms. The topological polar surface area (TPSA) is 71.3 Å². The van der Waals surface area contributed by atoms with E-state index >= 15 is 0 Å². The van der Waals surface area contributed by atoms with E-state index in [1.165, 1.54) is 14.2 Å². The fourth-order valence-electron chi connectivity index (χ4n) is 2.02. The number of nitrogens with one attached hydrogen (secondary N) is 1. The van der Waals surface area contributed by atoms with Crippen LogP contribution in [-0.4, -0.2) is 20.1 Å². The van der Waals surface area contributed by atoms with Crippen molar-refractivity contribution < 1.29 is 14.3 Å². The van der Waals surface area contributed by atoms with Gasteiger partial charge < -0.3 is 14.8 Å². The first-order chi connectivity index (χ1) is 10.7. The zero-order chi connectivity index (χ0) is 15.9. The lowest BCUT2D eigenvalue weighted by molar-refractivity contribution is 0.0947. The normalized spacial score (nSPS) is 9.68. The maximum atomic E-state index is 12.3. The van der Waals surface area contributed by atoms with Crippen LogP contribution in [-0.2, 0) is 6.54 Å². The van der Waals surface area contributed by atoms with Gasteiger partial charge in [0.2, 0.25) is 0 Å². The summed E-state index contributed by atoms with van der Waals surface area (Å²) in [6.45, 7) is 0.328. The molecule has 0 saturated heterocycles. The molecular formula is C17H16N2O3. The molecule has 0 aromatic heterocycles. The van der Waals surface area contributed by atoms with E-state index in [-0.39, 0.29) is 5.91 Å². The molecule has 5 nitrogen and oxygen atoms in total. The zero-order valence-electron chi connectivity index (χ0n) is 12.4. The van der Waals surface area contributed by atoms with Crippen LogP contribution in [0, 0.1) is 11.3 Å². The summed E-state index contributed by atoms with van der Waals surface area (Å²) < 4.78 is 10.3. The lowest BCUT2D eigenvalue weighted by Gasteiger charge is -2.11. The van der Waals surface area contributed by atoms with Gasteiger partial charge in [0.1, 0.15) is 11.5 Å². The van der Waals surface area contributed by atoms with Crippen molar-refractivity contribution in [1.29, 1.82) is 5.26 Å². The summed E-state index contributed by atoms with van der Waals surface area (Å²) in [5.41, 5.74) is 1.82. The van der Waals surface area contributed by atoms with E-state index in [4.69, 9.17) is 14.7 Å². The Morgan fingerprint density at radius 1 is 1.18 bits per heavy atom. The minimum absolute atomic E-state index is 0.266. The van der Waals surface area contributed by atoms with E-state index in [9.17, 15) is 4.79 Å². The third-order valence-electron chi connectivity index (χ3n) is 3.16. The van der Waals surface area contributed by atoms with Crippen molar-refractivity contribution in [3.63, 3.8) is 0 Å². The molecule has 2 rings (SSSR count). The highest BCUT2D eigenvalue weighted by Crippen LogP contribution is 2.23. The molecule has 0 radical (unpaired) electrons. The van der Waals surface area contributed by atoms with Gasteiger partial charge >= 0.3 is 0 Å². The van der Waals surface area contributed by atoms with Gasteiger partial charge in [0.05, 0.1) is 31.4 Å². The second-order valence-electron chi connectivity index (χ2n) is 4.56. The summed E-state index contributed by atoms with van der Waals surface area (Å²) in [6.07, 6.45) is 0. The van der Waals surface area contributed by atoms with Gasteiger partial charge in [-0.3, -0.25) is 4.79 Å². The Morgan fingerprint density at radius 2 is 2.00 bits per heavy atom. The Kier molecular flexibility index (Phi) is 4.99. The monoisotopic (exact) mass is 296 g/mol. The van der Waals surface area contributed by atoms with Crippen molar-refractivity contribution in [3.8, 4) is 17.6 Å². The second-order valence-corrected chi connectivity index (χ2v) is 4.56. The number of rotatable bonds is 5. The fourth-order valence-corrected chi connectivity index (χ4v) is 2.02. The van der Waals surface area contributed by atoms with Gasteiger partial charge in [0.15, 0.2) is 0 Å². The molecule has 5 heteroatoms. The number of ether oxygens (including phenoxy) is 2. The van der Waals surface area contributed by atoms with Gasteiger partial charge in [-0.05, 0) is 35.9 Å². The van der Waals surface area contributed by atoms with Crippen LogP contribution >= 0.6 is 0 Å². The standard InChI is InChI=1S/C17H16N2O3/c1-21-14-6-7-16(22-2)15(9-14)17(20)19-11-13-5-3-4-12(8-13)10-18/h3-9H,11H2,1-2H3,(H,19,20). The molecule has 1 amide bonds. The summed E-state index contributed by atoms with van der Waals surface area (Å²) in [6, 6.07) is 14.2. The quantitative estimate of drug-likeness (QED) is 0.920. The fraction of sp³-hybridized carbons (Fsp3) is 0.176. The minimum atomic E-state index is -0.266. The highest BCUT2D eigenvalue weighted by atomic mass is 16.5. The van der Waals surface area contributed by atoms with Crippen LogP contribution in [0.15, 0.2) is 42.5 Å². The SMILES string of the molecule is COc1ccc(OC)c(C(=O)NCc2cccc(C#N)c2)c1. The van der Waals surface area contributed by atoms with Crippen molar-refractivity contribution in [2.75, 3.05) is 14.2 Å². The summed E-state index contributed by atoms with van der Waals surface area (Å²) in [5.74, 6) is 0.791. The first-order valence-corrected chi connectivity index (χ1v) is 6.67. The number of nitriles is 1. The Bertz CT molecular complexity index is 720. The number of hydrogen-bond donors (Lipinski definition) is 1. The molecule has 2 aromatic carbocycles. The first-order valence-electron chi connectivity index (χ1n) is 6.67. The van der Waals surface area contributed by atoms with Crippen molar-refractivity contribution in [2.24, 2.45) is 0 Å². The van der Waals surface area contributed by atoms with Gasteiger partial charge in [0, 0.05) is 6.54 Å². The van der Waals surface area contributed by atoms with Crippen LogP contribution in [0.2, 0.25) is 0 Å². The van der Waals surface area contributed by atoms with Crippen LogP contribution in [0.25, 0.3) is 0 Å². The van der Waals surface area contributed by atoms with E-state index in [0.29, 0.717) is 29.2 Å². The van der Waals surface area contributed by atoms with Crippen LogP contribution in [0.3, 0.4) is 0 Å². The van der Waals surface area contributed by atoms with Crippen molar-refractivity contribution in [3.05, 3.63) is 59.2 Å². The summed E-state index contributed by atoms with van der Waals surface area (Å²) in [7, 11) is 3.05. The molecule has 0 spiro atoms. The van der Waals surface area contributed by atoms with Gasteiger partial charge in [-0.2, -0.15) is 5.26 Å². The average molecular weight is 296 g/mol. The number of methoxy groups -OCH3 is 2. The van der Waals surface area contributed by atoms with Crippen molar-refractivity contribution in [1.82, 2.24) is 5.32 Å². The molecule has 0 aliphatic rings. The maximum absolute atomic E-state index is 12.3. The van der Waals surface area contributed by atoms with E-state index in [2.05, 4.69) is 11.4 Å². The molecule has 0 saturated carbocycles. The van der Waals surface area contributed by atoms with Gasteiger partial charge in [-0.25, -0.2) is 0 Å². The third-order valence-corrected chi connectivity index (χ3v) is 3.16. The largest absolute Gasteiger partial charge is 0.497 e. The lowest BCUT2D eigenvalue weighted by Crippen LogP contribution is -2.23. The predicted octanol–water partition coefficient (Wildman–Crippen LogP) is 2.51. The Hall–Kier alpha value is -3.00. The highest BCUT2D eigenvalue weighted by molar-refractivity contribution is 5.97. The zero-order valence-corrected chi connectivity index (χ0v) is 12.4. The van der Waals surface area contributed by atoms with Crippen molar-refractivity contribution >= 4 is 5.91 Å². The molecule has 0 fully saturated rings. The summed E-state index contributed by atoms with van der Waals surface area (Å²) >= 11 is 0. The summed E-state index contributed by atoms with van der Waals surface area (Å²) in [4.78, 5) is 12.3. The molecule has 0 atom stereocenters. The number of amides is 1. The molecular weight excluding hydrogens is 280 g/mol. The molecule has 0 unspecified atom stereocenters. The van der Waals surface area contributed by atoms with E-state index in [0.717, 1.165) is 5.56 Å². The van der Waals surface area contributed by atoms with Crippen LogP contribution < -0.4 is 14.8 Å². The Morgan fingerprint density at radius 3 is 2.68 bits per heavy atom. The average Bonchev–Trinajstić information content (AvgIpc) is 2.59. The molecule has 0 bridgehead atoms. The number of benzene rings is 2. The first kappa shape index (κ1) is 15.4. The third kappa shape index (κ3) is 3.55.